The summed E-state index contributed by atoms with van der Waals surface area (Å²) in [6, 6.07) is 17.2. The van der Waals surface area contributed by atoms with Crippen LogP contribution in [0.5, 0.6) is 11.5 Å². The number of hydrazone groups is 1. The molecule has 7 heteroatoms. The second-order valence-corrected chi connectivity index (χ2v) is 6.04. The summed E-state index contributed by atoms with van der Waals surface area (Å²) in [6.07, 6.45) is 7.52. The van der Waals surface area contributed by atoms with E-state index in [1.807, 2.05) is 12.1 Å². The lowest BCUT2D eigenvalue weighted by Gasteiger charge is -2.03. The van der Waals surface area contributed by atoms with Gasteiger partial charge in [-0.2, -0.15) is 5.10 Å². The number of carbonyl (C=O) groups is 2. The number of pyridine rings is 1. The monoisotopic (exact) mass is 401 g/mol. The zero-order chi connectivity index (χ0) is 21.2. The second kappa shape index (κ2) is 10.3. The van der Waals surface area contributed by atoms with Crippen LogP contribution in [0.2, 0.25) is 0 Å². The van der Waals surface area contributed by atoms with Gasteiger partial charge in [0, 0.05) is 24.0 Å². The molecule has 0 aliphatic rings. The molecule has 0 unspecified atom stereocenters. The first-order chi connectivity index (χ1) is 14.6. The van der Waals surface area contributed by atoms with Gasteiger partial charge < -0.3 is 9.47 Å². The van der Waals surface area contributed by atoms with Crippen LogP contribution in [0.25, 0.3) is 6.08 Å². The van der Waals surface area contributed by atoms with E-state index in [1.165, 1.54) is 24.7 Å². The highest BCUT2D eigenvalue weighted by Gasteiger charge is 2.03. The van der Waals surface area contributed by atoms with Crippen molar-refractivity contribution < 1.29 is 19.1 Å². The van der Waals surface area contributed by atoms with Crippen LogP contribution < -0.4 is 14.9 Å². The highest BCUT2D eigenvalue weighted by atomic mass is 16.5. The third-order valence-corrected chi connectivity index (χ3v) is 3.93. The number of esters is 1. The third-order valence-electron chi connectivity index (χ3n) is 3.93. The van der Waals surface area contributed by atoms with Gasteiger partial charge in [-0.15, -0.1) is 0 Å². The van der Waals surface area contributed by atoms with Gasteiger partial charge in [0.15, 0.2) is 0 Å². The molecule has 2 aromatic carbocycles. The molecule has 0 spiro atoms. The van der Waals surface area contributed by atoms with Crippen LogP contribution in [-0.2, 0) is 4.79 Å². The van der Waals surface area contributed by atoms with E-state index < -0.39 is 5.97 Å². The molecule has 0 bridgehead atoms. The van der Waals surface area contributed by atoms with E-state index in [0.29, 0.717) is 16.9 Å². The fourth-order valence-electron chi connectivity index (χ4n) is 2.42. The van der Waals surface area contributed by atoms with Gasteiger partial charge in [0.1, 0.15) is 11.5 Å². The average molecular weight is 401 g/mol. The Balaban J connectivity index is 1.56. The molecule has 1 N–H and O–H groups in total. The Morgan fingerprint density at radius 1 is 0.967 bits per heavy atom. The van der Waals surface area contributed by atoms with Gasteiger partial charge in [0.2, 0.25) is 0 Å². The maximum absolute atomic E-state index is 12.1. The van der Waals surface area contributed by atoms with Crippen LogP contribution in [0.1, 0.15) is 21.5 Å². The van der Waals surface area contributed by atoms with Crippen molar-refractivity contribution in [3.8, 4) is 11.5 Å². The Morgan fingerprint density at radius 3 is 2.47 bits per heavy atom. The van der Waals surface area contributed by atoms with Crippen molar-refractivity contribution in [1.82, 2.24) is 10.4 Å². The molecular weight excluding hydrogens is 382 g/mol. The van der Waals surface area contributed by atoms with Crippen molar-refractivity contribution in [2.45, 2.75) is 0 Å². The third kappa shape index (κ3) is 6.13. The summed E-state index contributed by atoms with van der Waals surface area (Å²) in [7, 11) is 1.59. The standard InChI is InChI=1S/C23H19N3O4/c1-29-20-8-5-17(6-9-20)7-10-22(27)30-21-4-2-3-18(15-21)16-25-26-23(28)19-11-13-24-14-12-19/h2-16H,1H3,(H,26,28)/b10-7+,25-16+. The zero-order valence-corrected chi connectivity index (χ0v) is 16.2. The predicted octanol–water partition coefficient (Wildman–Crippen LogP) is 3.47. The van der Waals surface area contributed by atoms with Crippen LogP contribution in [0, 0.1) is 0 Å². The summed E-state index contributed by atoms with van der Waals surface area (Å²) in [5.41, 5.74) is 4.39. The summed E-state index contributed by atoms with van der Waals surface area (Å²) in [6.45, 7) is 0. The molecule has 1 heterocycles. The molecule has 0 saturated carbocycles. The number of benzene rings is 2. The number of hydrogen-bond acceptors (Lipinski definition) is 6. The van der Waals surface area contributed by atoms with Crippen molar-refractivity contribution in [1.29, 1.82) is 0 Å². The zero-order valence-electron chi connectivity index (χ0n) is 16.2. The first-order valence-electron chi connectivity index (χ1n) is 9.01. The second-order valence-electron chi connectivity index (χ2n) is 6.04. The summed E-state index contributed by atoms with van der Waals surface area (Å²) in [4.78, 5) is 27.8. The van der Waals surface area contributed by atoms with E-state index >= 15 is 0 Å². The molecule has 0 atom stereocenters. The molecule has 0 fully saturated rings. The van der Waals surface area contributed by atoms with Gasteiger partial charge in [-0.05, 0) is 53.6 Å². The van der Waals surface area contributed by atoms with Crippen LogP contribution in [0.3, 0.4) is 0 Å². The minimum Gasteiger partial charge on any atom is -0.497 e. The maximum atomic E-state index is 12.1. The topological polar surface area (TPSA) is 89.9 Å². The Labute approximate surface area is 173 Å². The fraction of sp³-hybridized carbons (Fsp3) is 0.0435. The van der Waals surface area contributed by atoms with Crippen molar-refractivity contribution in [2.75, 3.05) is 7.11 Å². The number of rotatable bonds is 7. The van der Waals surface area contributed by atoms with Gasteiger partial charge >= 0.3 is 5.97 Å². The van der Waals surface area contributed by atoms with E-state index in [1.54, 1.807) is 61.7 Å². The van der Waals surface area contributed by atoms with Crippen LogP contribution in [0.4, 0.5) is 0 Å². The maximum Gasteiger partial charge on any atom is 0.336 e. The van der Waals surface area contributed by atoms with Gasteiger partial charge in [0.25, 0.3) is 5.91 Å². The summed E-state index contributed by atoms with van der Waals surface area (Å²) >= 11 is 0. The molecule has 0 aliphatic heterocycles. The van der Waals surface area contributed by atoms with Gasteiger partial charge in [-0.1, -0.05) is 24.3 Å². The highest BCUT2D eigenvalue weighted by molar-refractivity contribution is 5.94. The van der Waals surface area contributed by atoms with Gasteiger partial charge in [0.05, 0.1) is 13.3 Å². The first kappa shape index (κ1) is 20.5. The summed E-state index contributed by atoms with van der Waals surface area (Å²) < 4.78 is 10.4. The number of carbonyl (C=O) groups excluding carboxylic acids is 2. The Hall–Kier alpha value is -4.26. The molecule has 1 amide bonds. The minimum atomic E-state index is -0.508. The van der Waals surface area contributed by atoms with E-state index in [4.69, 9.17) is 9.47 Å². The number of amides is 1. The first-order valence-corrected chi connectivity index (χ1v) is 9.01. The minimum absolute atomic E-state index is 0.347. The highest BCUT2D eigenvalue weighted by Crippen LogP contribution is 2.14. The van der Waals surface area contributed by atoms with E-state index in [-0.39, 0.29) is 5.91 Å². The molecule has 150 valence electrons. The average Bonchev–Trinajstić information content (AvgIpc) is 2.79. The number of ether oxygens (including phenoxy) is 2. The van der Waals surface area contributed by atoms with Crippen molar-refractivity contribution in [3.63, 3.8) is 0 Å². The number of aromatic nitrogens is 1. The molecule has 1 aromatic heterocycles. The summed E-state index contributed by atoms with van der Waals surface area (Å²) in [5, 5.41) is 3.92. The largest absolute Gasteiger partial charge is 0.497 e. The number of nitrogens with zero attached hydrogens (tertiary/aromatic N) is 2. The van der Waals surface area contributed by atoms with Crippen molar-refractivity contribution >= 4 is 24.2 Å². The van der Waals surface area contributed by atoms with E-state index in [0.717, 1.165) is 11.3 Å². The van der Waals surface area contributed by atoms with E-state index in [2.05, 4.69) is 15.5 Å². The number of methoxy groups -OCH3 is 1. The lowest BCUT2D eigenvalue weighted by molar-refractivity contribution is -0.128. The molecule has 3 aromatic rings. The van der Waals surface area contributed by atoms with Crippen LogP contribution >= 0.6 is 0 Å². The predicted molar refractivity (Wildman–Crippen MR) is 113 cm³/mol. The smallest absolute Gasteiger partial charge is 0.336 e. The molecule has 7 nitrogen and oxygen atoms in total. The lowest BCUT2D eigenvalue weighted by Crippen LogP contribution is -2.17. The molecule has 0 saturated heterocycles. The van der Waals surface area contributed by atoms with Crippen LogP contribution in [-0.4, -0.2) is 30.2 Å². The Bertz CT molecular complexity index is 1060. The normalized spacial score (nSPS) is 10.8. The SMILES string of the molecule is COc1ccc(/C=C/C(=O)Oc2cccc(/C=N/NC(=O)c3ccncc3)c2)cc1. The molecule has 30 heavy (non-hydrogen) atoms. The van der Waals surface area contributed by atoms with Crippen molar-refractivity contribution in [3.05, 3.63) is 95.8 Å². The van der Waals surface area contributed by atoms with Crippen molar-refractivity contribution in [2.24, 2.45) is 5.10 Å². The number of nitrogens with one attached hydrogen (secondary N) is 1. The van der Waals surface area contributed by atoms with E-state index in [9.17, 15) is 9.59 Å². The quantitative estimate of drug-likeness (QED) is 0.215. The molecular formula is C23H19N3O4. The molecule has 0 radical (unpaired) electrons. The Kier molecular flexibility index (Phi) is 7.05. The molecule has 3 rings (SSSR count). The number of hydrogen-bond donors (Lipinski definition) is 1. The van der Waals surface area contributed by atoms with Gasteiger partial charge in [-0.25, -0.2) is 10.2 Å². The van der Waals surface area contributed by atoms with Crippen LogP contribution in [0.15, 0.2) is 84.2 Å². The summed E-state index contributed by atoms with van der Waals surface area (Å²) in [5.74, 6) is 0.250. The van der Waals surface area contributed by atoms with Gasteiger partial charge in [-0.3, -0.25) is 9.78 Å². The Morgan fingerprint density at radius 2 is 1.73 bits per heavy atom. The lowest BCUT2D eigenvalue weighted by atomic mass is 10.2. The molecule has 0 aliphatic carbocycles. The fourth-order valence-corrected chi connectivity index (χ4v) is 2.42.